The first-order valence-electron chi connectivity index (χ1n) is 7.39. The summed E-state index contributed by atoms with van der Waals surface area (Å²) in [6.45, 7) is 5.29. The number of hydrogen-bond acceptors (Lipinski definition) is 3. The van der Waals surface area contributed by atoms with Crippen molar-refractivity contribution in [3.8, 4) is 0 Å². The summed E-state index contributed by atoms with van der Waals surface area (Å²) in [5, 5.41) is 6.22. The van der Waals surface area contributed by atoms with Crippen LogP contribution >= 0.6 is 0 Å². The molecule has 110 valence electrons. The van der Waals surface area contributed by atoms with Gasteiger partial charge in [0.25, 0.3) is 0 Å². The van der Waals surface area contributed by atoms with Crippen molar-refractivity contribution >= 4 is 5.91 Å². The molecule has 1 amide bonds. The van der Waals surface area contributed by atoms with E-state index in [2.05, 4.69) is 10.6 Å². The second-order valence-electron chi connectivity index (χ2n) is 5.27. The third kappa shape index (κ3) is 4.94. The van der Waals surface area contributed by atoms with E-state index in [0.29, 0.717) is 25.7 Å². The maximum absolute atomic E-state index is 11.8. The molecule has 1 heterocycles. The van der Waals surface area contributed by atoms with Crippen molar-refractivity contribution in [3.63, 3.8) is 0 Å². The lowest BCUT2D eigenvalue weighted by Gasteiger charge is -2.22. The number of amides is 1. The predicted octanol–water partition coefficient (Wildman–Crippen LogP) is 1.42. The number of hydrogen-bond donors (Lipinski definition) is 2. The summed E-state index contributed by atoms with van der Waals surface area (Å²) in [6.07, 6.45) is 2.93. The van der Waals surface area contributed by atoms with Crippen molar-refractivity contribution in [1.29, 1.82) is 0 Å². The van der Waals surface area contributed by atoms with Crippen LogP contribution < -0.4 is 10.6 Å². The smallest absolute Gasteiger partial charge is 0.224 e. The molecule has 1 saturated heterocycles. The Morgan fingerprint density at radius 2 is 2.10 bits per heavy atom. The number of benzene rings is 1. The molecular weight excluding hydrogens is 252 g/mol. The standard InChI is InChI=1S/C16H24N2O2/c1-13-4-2-3-5-14(13)12-16(19)18-10-11-20-15-6-8-17-9-7-15/h2-5,15,17H,6-12H2,1H3,(H,18,19). The minimum absolute atomic E-state index is 0.0632. The molecule has 1 aromatic carbocycles. The number of ether oxygens (including phenoxy) is 1. The zero-order chi connectivity index (χ0) is 14.2. The van der Waals surface area contributed by atoms with Crippen molar-refractivity contribution in [2.45, 2.75) is 32.3 Å². The first-order valence-corrected chi connectivity index (χ1v) is 7.39. The van der Waals surface area contributed by atoms with Crippen molar-refractivity contribution in [3.05, 3.63) is 35.4 Å². The van der Waals surface area contributed by atoms with Gasteiger partial charge in [-0.05, 0) is 44.0 Å². The van der Waals surface area contributed by atoms with Gasteiger partial charge in [0.15, 0.2) is 0 Å². The third-order valence-electron chi connectivity index (χ3n) is 3.68. The molecule has 0 radical (unpaired) electrons. The van der Waals surface area contributed by atoms with E-state index in [9.17, 15) is 4.79 Å². The molecule has 2 rings (SSSR count). The monoisotopic (exact) mass is 276 g/mol. The average Bonchev–Trinajstić information content (AvgIpc) is 2.47. The van der Waals surface area contributed by atoms with Gasteiger partial charge in [0.1, 0.15) is 0 Å². The Labute approximate surface area is 120 Å². The molecule has 20 heavy (non-hydrogen) atoms. The largest absolute Gasteiger partial charge is 0.376 e. The zero-order valence-electron chi connectivity index (χ0n) is 12.2. The van der Waals surface area contributed by atoms with E-state index in [1.54, 1.807) is 0 Å². The van der Waals surface area contributed by atoms with E-state index in [-0.39, 0.29) is 5.91 Å². The van der Waals surface area contributed by atoms with Gasteiger partial charge in [-0.25, -0.2) is 0 Å². The van der Waals surface area contributed by atoms with E-state index in [1.807, 2.05) is 31.2 Å². The van der Waals surface area contributed by atoms with Crippen molar-refractivity contribution < 1.29 is 9.53 Å². The summed E-state index contributed by atoms with van der Waals surface area (Å²) in [4.78, 5) is 11.8. The topological polar surface area (TPSA) is 50.4 Å². The zero-order valence-corrected chi connectivity index (χ0v) is 12.2. The van der Waals surface area contributed by atoms with E-state index in [4.69, 9.17) is 4.74 Å². The second kappa shape index (κ2) is 8.02. The number of carbonyl (C=O) groups excluding carboxylic acids is 1. The molecule has 1 aliphatic heterocycles. The minimum Gasteiger partial charge on any atom is -0.376 e. The highest BCUT2D eigenvalue weighted by Gasteiger charge is 2.12. The maximum atomic E-state index is 11.8. The normalized spacial score (nSPS) is 16.1. The predicted molar refractivity (Wildman–Crippen MR) is 79.7 cm³/mol. The van der Waals surface area contributed by atoms with Gasteiger partial charge in [-0.1, -0.05) is 24.3 Å². The van der Waals surface area contributed by atoms with Crippen LogP contribution in [0, 0.1) is 6.92 Å². The maximum Gasteiger partial charge on any atom is 0.224 e. The quantitative estimate of drug-likeness (QED) is 0.773. The van der Waals surface area contributed by atoms with E-state index in [1.165, 1.54) is 0 Å². The number of carbonyl (C=O) groups is 1. The van der Waals surface area contributed by atoms with Gasteiger partial charge in [-0.2, -0.15) is 0 Å². The SMILES string of the molecule is Cc1ccccc1CC(=O)NCCOC1CCNCC1. The summed E-state index contributed by atoms with van der Waals surface area (Å²) in [6, 6.07) is 7.99. The fraction of sp³-hybridized carbons (Fsp3) is 0.562. The third-order valence-corrected chi connectivity index (χ3v) is 3.68. The lowest BCUT2D eigenvalue weighted by molar-refractivity contribution is -0.120. The molecule has 0 unspecified atom stereocenters. The first kappa shape index (κ1) is 15.0. The molecule has 1 aliphatic rings. The van der Waals surface area contributed by atoms with Crippen molar-refractivity contribution in [2.24, 2.45) is 0 Å². The Bertz CT molecular complexity index is 428. The molecule has 0 aliphatic carbocycles. The highest BCUT2D eigenvalue weighted by Crippen LogP contribution is 2.08. The Balaban J connectivity index is 1.61. The lowest BCUT2D eigenvalue weighted by Crippen LogP contribution is -2.35. The summed E-state index contributed by atoms with van der Waals surface area (Å²) < 4.78 is 5.75. The first-order chi connectivity index (χ1) is 9.75. The van der Waals surface area contributed by atoms with Crippen LogP contribution in [0.1, 0.15) is 24.0 Å². The molecule has 2 N–H and O–H groups in total. The lowest BCUT2D eigenvalue weighted by atomic mass is 10.1. The van der Waals surface area contributed by atoms with Crippen molar-refractivity contribution in [2.75, 3.05) is 26.2 Å². The fourth-order valence-corrected chi connectivity index (χ4v) is 2.42. The van der Waals surface area contributed by atoms with Crippen molar-refractivity contribution in [1.82, 2.24) is 10.6 Å². The Kier molecular flexibility index (Phi) is 6.02. The van der Waals surface area contributed by atoms with Crippen LogP contribution in [0.4, 0.5) is 0 Å². The summed E-state index contributed by atoms with van der Waals surface area (Å²) in [7, 11) is 0. The molecule has 1 aromatic rings. The highest BCUT2D eigenvalue weighted by atomic mass is 16.5. The number of piperidine rings is 1. The van der Waals surface area contributed by atoms with E-state index in [0.717, 1.165) is 37.1 Å². The fourth-order valence-electron chi connectivity index (χ4n) is 2.42. The van der Waals surface area contributed by atoms with Crippen LogP contribution in [0.25, 0.3) is 0 Å². The molecule has 0 aromatic heterocycles. The molecular formula is C16H24N2O2. The molecule has 0 bridgehead atoms. The highest BCUT2D eigenvalue weighted by molar-refractivity contribution is 5.78. The Hall–Kier alpha value is -1.39. The number of aryl methyl sites for hydroxylation is 1. The Morgan fingerprint density at radius 3 is 2.85 bits per heavy atom. The summed E-state index contributed by atoms with van der Waals surface area (Å²) in [5.41, 5.74) is 2.25. The van der Waals surface area contributed by atoms with Crippen LogP contribution in [0.15, 0.2) is 24.3 Å². The molecule has 4 heteroatoms. The van der Waals surface area contributed by atoms with Gasteiger partial charge in [0.05, 0.1) is 19.1 Å². The molecule has 1 fully saturated rings. The summed E-state index contributed by atoms with van der Waals surface area (Å²) in [5.74, 6) is 0.0632. The van der Waals surface area contributed by atoms with Crippen LogP contribution in [-0.4, -0.2) is 38.3 Å². The van der Waals surface area contributed by atoms with Gasteiger partial charge < -0.3 is 15.4 Å². The molecule has 0 atom stereocenters. The van der Waals surface area contributed by atoms with Crippen LogP contribution in [0.3, 0.4) is 0 Å². The number of rotatable bonds is 6. The van der Waals surface area contributed by atoms with Crippen LogP contribution in [0.5, 0.6) is 0 Å². The van der Waals surface area contributed by atoms with Gasteiger partial charge in [0.2, 0.25) is 5.91 Å². The molecule has 4 nitrogen and oxygen atoms in total. The minimum atomic E-state index is 0.0632. The van der Waals surface area contributed by atoms with Gasteiger partial charge >= 0.3 is 0 Å². The van der Waals surface area contributed by atoms with Gasteiger partial charge in [-0.15, -0.1) is 0 Å². The number of nitrogens with one attached hydrogen (secondary N) is 2. The summed E-state index contributed by atoms with van der Waals surface area (Å²) >= 11 is 0. The van der Waals surface area contributed by atoms with Crippen LogP contribution in [0.2, 0.25) is 0 Å². The molecule has 0 spiro atoms. The second-order valence-corrected chi connectivity index (χ2v) is 5.27. The van der Waals surface area contributed by atoms with Crippen LogP contribution in [-0.2, 0) is 16.0 Å². The van der Waals surface area contributed by atoms with E-state index < -0.39 is 0 Å². The molecule has 0 saturated carbocycles. The van der Waals surface area contributed by atoms with E-state index >= 15 is 0 Å². The van der Waals surface area contributed by atoms with Gasteiger partial charge in [0, 0.05) is 6.54 Å². The average molecular weight is 276 g/mol. The Morgan fingerprint density at radius 1 is 1.35 bits per heavy atom. The van der Waals surface area contributed by atoms with Gasteiger partial charge in [-0.3, -0.25) is 4.79 Å².